The minimum absolute atomic E-state index is 0.497. The summed E-state index contributed by atoms with van der Waals surface area (Å²) >= 11 is 1.54. The Bertz CT molecular complexity index is 298. The highest BCUT2D eigenvalue weighted by molar-refractivity contribution is 7.08. The minimum atomic E-state index is -0.771. The number of carboxylic acids is 1. The minimum Gasteiger partial charge on any atom is -0.480 e. The Hall–Kier alpha value is -0.870. The number of likely N-dealkylation sites (N-methyl/N-ethyl adjacent to an activating group) is 1. The molecule has 1 unspecified atom stereocenters. The molecule has 1 heterocycles. The highest BCUT2D eigenvalue weighted by Gasteiger charge is 2.24. The fourth-order valence-electron chi connectivity index (χ4n) is 1.55. The predicted molar refractivity (Wildman–Crippen MR) is 62.2 cm³/mol. The maximum absolute atomic E-state index is 11.2. The van der Waals surface area contributed by atoms with Gasteiger partial charge in [-0.1, -0.05) is 13.3 Å². The van der Waals surface area contributed by atoms with E-state index in [1.165, 1.54) is 11.3 Å². The SMILES string of the molecule is CCCCN(C)C(C(=O)O)c1ccsc1. The van der Waals surface area contributed by atoms with E-state index in [-0.39, 0.29) is 0 Å². The van der Waals surface area contributed by atoms with Crippen molar-refractivity contribution in [2.45, 2.75) is 25.8 Å². The molecule has 4 heteroatoms. The average molecular weight is 227 g/mol. The molecule has 1 aromatic heterocycles. The zero-order valence-corrected chi connectivity index (χ0v) is 9.96. The van der Waals surface area contributed by atoms with Gasteiger partial charge in [0.05, 0.1) is 0 Å². The molecule has 0 radical (unpaired) electrons. The normalized spacial score (nSPS) is 13.0. The van der Waals surface area contributed by atoms with Gasteiger partial charge < -0.3 is 5.11 Å². The van der Waals surface area contributed by atoms with Gasteiger partial charge in [-0.15, -0.1) is 0 Å². The summed E-state index contributed by atoms with van der Waals surface area (Å²) in [6.45, 7) is 2.93. The summed E-state index contributed by atoms with van der Waals surface area (Å²) in [6.07, 6.45) is 2.12. The Morgan fingerprint density at radius 3 is 2.87 bits per heavy atom. The van der Waals surface area contributed by atoms with E-state index in [1.807, 2.05) is 28.8 Å². The first-order valence-electron chi connectivity index (χ1n) is 5.12. The number of hydrogen-bond acceptors (Lipinski definition) is 3. The predicted octanol–water partition coefficient (Wildman–Crippen LogP) is 2.61. The van der Waals surface area contributed by atoms with Crippen LogP contribution in [0.4, 0.5) is 0 Å². The molecule has 3 nitrogen and oxygen atoms in total. The first-order chi connectivity index (χ1) is 7.16. The molecular formula is C11H17NO2S. The van der Waals surface area contributed by atoms with Crippen molar-refractivity contribution in [3.05, 3.63) is 22.4 Å². The van der Waals surface area contributed by atoms with Crippen LogP contribution >= 0.6 is 11.3 Å². The third kappa shape index (κ3) is 3.32. The molecule has 0 aliphatic carbocycles. The van der Waals surface area contributed by atoms with Gasteiger partial charge >= 0.3 is 5.97 Å². The third-order valence-corrected chi connectivity index (χ3v) is 3.10. The van der Waals surface area contributed by atoms with Crippen molar-refractivity contribution in [2.75, 3.05) is 13.6 Å². The second-order valence-electron chi connectivity index (χ2n) is 3.63. The van der Waals surface area contributed by atoms with Crippen molar-refractivity contribution in [1.29, 1.82) is 0 Å². The molecule has 0 amide bonds. The molecule has 0 bridgehead atoms. The summed E-state index contributed by atoms with van der Waals surface area (Å²) < 4.78 is 0. The van der Waals surface area contributed by atoms with Crippen LogP contribution in [0.3, 0.4) is 0 Å². The lowest BCUT2D eigenvalue weighted by atomic mass is 10.1. The first-order valence-corrected chi connectivity index (χ1v) is 6.06. The summed E-state index contributed by atoms with van der Waals surface area (Å²) in [7, 11) is 1.87. The second kappa shape index (κ2) is 5.88. The van der Waals surface area contributed by atoms with Crippen LogP contribution in [0.15, 0.2) is 16.8 Å². The molecule has 0 fully saturated rings. The van der Waals surface area contributed by atoms with Crippen LogP contribution in [0.2, 0.25) is 0 Å². The smallest absolute Gasteiger partial charge is 0.325 e. The van der Waals surface area contributed by atoms with Crippen molar-refractivity contribution in [3.63, 3.8) is 0 Å². The summed E-state index contributed by atoms with van der Waals surface area (Å²) in [5.74, 6) is -0.771. The van der Waals surface area contributed by atoms with Crippen LogP contribution in [0.5, 0.6) is 0 Å². The number of aliphatic carboxylic acids is 1. The van der Waals surface area contributed by atoms with E-state index in [1.54, 1.807) is 0 Å². The zero-order chi connectivity index (χ0) is 11.3. The number of hydrogen-bond donors (Lipinski definition) is 1. The van der Waals surface area contributed by atoms with Gasteiger partial charge in [0.1, 0.15) is 6.04 Å². The Balaban J connectivity index is 2.70. The molecule has 0 saturated heterocycles. The van der Waals surface area contributed by atoms with Gasteiger partial charge in [0.15, 0.2) is 0 Å². The van der Waals surface area contributed by atoms with Gasteiger partial charge in [-0.2, -0.15) is 11.3 Å². The quantitative estimate of drug-likeness (QED) is 0.812. The fraction of sp³-hybridized carbons (Fsp3) is 0.545. The summed E-state index contributed by atoms with van der Waals surface area (Å²) in [4.78, 5) is 13.1. The monoisotopic (exact) mass is 227 g/mol. The van der Waals surface area contributed by atoms with Crippen LogP contribution in [-0.4, -0.2) is 29.6 Å². The number of nitrogens with zero attached hydrogens (tertiary/aromatic N) is 1. The molecule has 1 rings (SSSR count). The number of carbonyl (C=O) groups is 1. The van der Waals surface area contributed by atoms with Crippen molar-refractivity contribution >= 4 is 17.3 Å². The van der Waals surface area contributed by atoms with Crippen molar-refractivity contribution < 1.29 is 9.90 Å². The van der Waals surface area contributed by atoms with E-state index >= 15 is 0 Å². The topological polar surface area (TPSA) is 40.5 Å². The fourth-order valence-corrected chi connectivity index (χ4v) is 2.23. The number of unbranched alkanes of at least 4 members (excludes halogenated alkanes) is 1. The highest BCUT2D eigenvalue weighted by atomic mass is 32.1. The Kier molecular flexibility index (Phi) is 4.78. The summed E-state index contributed by atoms with van der Waals surface area (Å²) in [5, 5.41) is 13.0. The first kappa shape index (κ1) is 12.2. The number of carboxylic acid groups (broad SMARTS) is 1. The molecule has 1 N–H and O–H groups in total. The molecule has 0 aliphatic heterocycles. The zero-order valence-electron chi connectivity index (χ0n) is 9.14. The van der Waals surface area contributed by atoms with Crippen LogP contribution in [-0.2, 0) is 4.79 Å². The van der Waals surface area contributed by atoms with E-state index in [0.717, 1.165) is 24.9 Å². The molecular weight excluding hydrogens is 210 g/mol. The van der Waals surface area contributed by atoms with Gasteiger partial charge in [0.25, 0.3) is 0 Å². The Labute approximate surface area is 94.3 Å². The van der Waals surface area contributed by atoms with Gasteiger partial charge in [0.2, 0.25) is 0 Å². The third-order valence-electron chi connectivity index (χ3n) is 2.40. The van der Waals surface area contributed by atoms with E-state index in [2.05, 4.69) is 6.92 Å². The molecule has 0 saturated carbocycles. The highest BCUT2D eigenvalue weighted by Crippen LogP contribution is 2.22. The van der Waals surface area contributed by atoms with Crippen LogP contribution < -0.4 is 0 Å². The van der Waals surface area contributed by atoms with Gasteiger partial charge in [0, 0.05) is 0 Å². The van der Waals surface area contributed by atoms with Crippen LogP contribution in [0, 0.1) is 0 Å². The van der Waals surface area contributed by atoms with Gasteiger partial charge in [-0.3, -0.25) is 9.69 Å². The van der Waals surface area contributed by atoms with Gasteiger partial charge in [-0.05, 0) is 42.4 Å². The van der Waals surface area contributed by atoms with Crippen molar-refractivity contribution in [3.8, 4) is 0 Å². The molecule has 0 aromatic carbocycles. The summed E-state index contributed by atoms with van der Waals surface area (Å²) in [5.41, 5.74) is 0.881. The molecule has 1 aromatic rings. The van der Waals surface area contributed by atoms with E-state index in [0.29, 0.717) is 0 Å². The Morgan fingerprint density at radius 2 is 2.40 bits per heavy atom. The van der Waals surface area contributed by atoms with E-state index in [9.17, 15) is 9.90 Å². The second-order valence-corrected chi connectivity index (χ2v) is 4.41. The molecule has 0 aliphatic rings. The maximum Gasteiger partial charge on any atom is 0.325 e. The summed E-state index contributed by atoms with van der Waals surface area (Å²) in [6, 6.07) is 1.38. The van der Waals surface area contributed by atoms with Crippen molar-refractivity contribution in [1.82, 2.24) is 4.90 Å². The van der Waals surface area contributed by atoms with Crippen molar-refractivity contribution in [2.24, 2.45) is 0 Å². The van der Waals surface area contributed by atoms with Gasteiger partial charge in [-0.25, -0.2) is 0 Å². The lowest BCUT2D eigenvalue weighted by Crippen LogP contribution is -2.31. The van der Waals surface area contributed by atoms with E-state index in [4.69, 9.17) is 0 Å². The number of rotatable bonds is 6. The van der Waals surface area contributed by atoms with Crippen LogP contribution in [0.25, 0.3) is 0 Å². The maximum atomic E-state index is 11.2. The standard InChI is InChI=1S/C11H17NO2S/c1-3-4-6-12(2)10(11(13)14)9-5-7-15-8-9/h5,7-8,10H,3-4,6H2,1-2H3,(H,13,14). The molecule has 1 atom stereocenters. The molecule has 84 valence electrons. The Morgan fingerprint density at radius 1 is 1.67 bits per heavy atom. The number of thiophene rings is 1. The lowest BCUT2D eigenvalue weighted by molar-refractivity contribution is -0.143. The molecule has 0 spiro atoms. The van der Waals surface area contributed by atoms with Crippen LogP contribution in [0.1, 0.15) is 31.4 Å². The van der Waals surface area contributed by atoms with E-state index < -0.39 is 12.0 Å². The lowest BCUT2D eigenvalue weighted by Gasteiger charge is -2.23. The largest absolute Gasteiger partial charge is 0.480 e. The average Bonchev–Trinajstić information content (AvgIpc) is 2.67. The molecule has 15 heavy (non-hydrogen) atoms.